The van der Waals surface area contributed by atoms with E-state index in [2.05, 4.69) is 32.2 Å². The average Bonchev–Trinajstić information content (AvgIpc) is 3.05. The SMILES string of the molecule is Cc1cc(CC(=O)c2ccc(CN3CC[N+](C)(COC(=O)OC4CCC4)CC3)cc2)ccc1Nc1nccc(-c2cccnc2)n1. The zero-order valence-electron chi connectivity index (χ0n) is 26.5. The van der Waals surface area contributed by atoms with Crippen molar-refractivity contribution >= 4 is 23.6 Å². The van der Waals surface area contributed by atoms with E-state index in [1.165, 1.54) is 5.56 Å². The summed E-state index contributed by atoms with van der Waals surface area (Å²) in [4.78, 5) is 40.7. The zero-order chi connectivity index (χ0) is 31.9. The normalized spacial score (nSPS) is 16.3. The molecule has 10 heteroatoms. The standard InChI is InChI=1S/C36H41N6O4/c1-26-21-28(10-13-32(26)39-35-38-16-14-33(40-35)30-5-4-15-37-23-30)22-34(43)29-11-8-27(9-12-29)24-41-17-19-42(2,20-18-41)25-45-36(44)46-31-6-3-7-31/h4-5,8-16,21,23,31H,3,6-7,17-20,22,24-25H2,1-2H3,(H,38,39,40)/q+1. The number of hydrogen-bond acceptors (Lipinski definition) is 9. The van der Waals surface area contributed by atoms with Gasteiger partial charge in [-0.25, -0.2) is 14.8 Å². The number of benzene rings is 2. The maximum atomic E-state index is 13.1. The number of ketones is 1. The van der Waals surface area contributed by atoms with E-state index in [4.69, 9.17) is 9.47 Å². The molecule has 0 spiro atoms. The number of ether oxygens (including phenoxy) is 2. The molecule has 238 valence electrons. The Kier molecular flexibility index (Phi) is 9.65. The lowest BCUT2D eigenvalue weighted by atomic mass is 9.96. The molecule has 0 amide bonds. The van der Waals surface area contributed by atoms with Crippen LogP contribution in [0.15, 0.2) is 79.3 Å². The van der Waals surface area contributed by atoms with Gasteiger partial charge in [0.15, 0.2) is 5.78 Å². The summed E-state index contributed by atoms with van der Waals surface area (Å²) in [5.41, 5.74) is 6.45. The van der Waals surface area contributed by atoms with Crippen molar-refractivity contribution in [3.05, 3.63) is 102 Å². The number of anilines is 2. The smallest absolute Gasteiger partial charge is 0.431 e. The van der Waals surface area contributed by atoms with Gasteiger partial charge in [-0.2, -0.15) is 0 Å². The molecule has 46 heavy (non-hydrogen) atoms. The Balaban J connectivity index is 0.971. The van der Waals surface area contributed by atoms with E-state index in [1.54, 1.807) is 18.6 Å². The Labute approximate surface area is 270 Å². The van der Waals surface area contributed by atoms with Crippen LogP contribution in [-0.4, -0.2) is 82.3 Å². The number of carbonyl (C=O) groups is 2. The third-order valence-corrected chi connectivity index (χ3v) is 8.92. The van der Waals surface area contributed by atoms with Crippen LogP contribution in [0, 0.1) is 6.92 Å². The van der Waals surface area contributed by atoms with Crippen LogP contribution in [-0.2, 0) is 22.4 Å². The minimum Gasteiger partial charge on any atom is -0.431 e. The van der Waals surface area contributed by atoms with Gasteiger partial charge in [-0.3, -0.25) is 19.2 Å². The first-order valence-electron chi connectivity index (χ1n) is 15.9. The van der Waals surface area contributed by atoms with Gasteiger partial charge in [0.25, 0.3) is 0 Å². The van der Waals surface area contributed by atoms with Crippen molar-refractivity contribution in [2.75, 3.05) is 45.3 Å². The molecule has 10 nitrogen and oxygen atoms in total. The fraction of sp³-hybridized carbons (Fsp3) is 0.361. The van der Waals surface area contributed by atoms with Gasteiger partial charge in [0.2, 0.25) is 12.7 Å². The summed E-state index contributed by atoms with van der Waals surface area (Å²) < 4.78 is 11.4. The summed E-state index contributed by atoms with van der Waals surface area (Å²) in [5.74, 6) is 0.585. The van der Waals surface area contributed by atoms with Gasteiger partial charge in [-0.05, 0) is 67.1 Å². The molecular weight excluding hydrogens is 580 g/mol. The van der Waals surface area contributed by atoms with Crippen molar-refractivity contribution in [3.8, 4) is 11.3 Å². The number of piperazine rings is 1. The van der Waals surface area contributed by atoms with Gasteiger partial charge in [0.05, 0.1) is 25.8 Å². The Morgan fingerprint density at radius 1 is 1.00 bits per heavy atom. The van der Waals surface area contributed by atoms with E-state index >= 15 is 0 Å². The molecule has 2 aromatic heterocycles. The van der Waals surface area contributed by atoms with Gasteiger partial charge in [-0.15, -0.1) is 0 Å². The maximum Gasteiger partial charge on any atom is 0.512 e. The van der Waals surface area contributed by atoms with Crippen molar-refractivity contribution in [1.29, 1.82) is 0 Å². The number of likely N-dealkylation sites (N-methyl/N-ethyl adjacent to an activating group) is 1. The van der Waals surface area contributed by atoms with Gasteiger partial charge >= 0.3 is 6.16 Å². The topological polar surface area (TPSA) is 107 Å². The van der Waals surface area contributed by atoms with Crippen LogP contribution in [0.1, 0.15) is 46.3 Å². The summed E-state index contributed by atoms with van der Waals surface area (Å²) in [5, 5.41) is 3.30. The molecule has 1 aliphatic heterocycles. The molecule has 1 N–H and O–H groups in total. The minimum atomic E-state index is -0.542. The van der Waals surface area contributed by atoms with Gasteiger partial charge in [-0.1, -0.05) is 36.4 Å². The number of hydrogen-bond donors (Lipinski definition) is 1. The summed E-state index contributed by atoms with van der Waals surface area (Å²) in [6, 6.07) is 19.6. The second-order valence-electron chi connectivity index (χ2n) is 12.6. The third kappa shape index (κ3) is 8.13. The maximum absolute atomic E-state index is 13.1. The third-order valence-electron chi connectivity index (χ3n) is 8.92. The van der Waals surface area contributed by atoms with Crippen LogP contribution in [0.25, 0.3) is 11.3 Å². The number of aryl methyl sites for hydroxylation is 1. The van der Waals surface area contributed by atoms with E-state index < -0.39 is 6.16 Å². The second-order valence-corrected chi connectivity index (χ2v) is 12.6. The van der Waals surface area contributed by atoms with Crippen molar-refractivity contribution in [2.45, 2.75) is 45.3 Å². The summed E-state index contributed by atoms with van der Waals surface area (Å²) >= 11 is 0. The molecule has 0 bridgehead atoms. The minimum absolute atomic E-state index is 0.0410. The van der Waals surface area contributed by atoms with E-state index in [9.17, 15) is 9.59 Å². The Morgan fingerprint density at radius 2 is 1.78 bits per heavy atom. The number of quaternary nitrogens is 1. The van der Waals surface area contributed by atoms with Crippen molar-refractivity contribution < 1.29 is 23.5 Å². The molecule has 1 saturated carbocycles. The van der Waals surface area contributed by atoms with Crippen LogP contribution in [0.3, 0.4) is 0 Å². The number of nitrogens with one attached hydrogen (secondary N) is 1. The molecule has 0 unspecified atom stereocenters. The molecule has 3 heterocycles. The lowest BCUT2D eigenvalue weighted by Gasteiger charge is -2.41. The van der Waals surface area contributed by atoms with Crippen LogP contribution in [0.2, 0.25) is 0 Å². The largest absolute Gasteiger partial charge is 0.512 e. The van der Waals surface area contributed by atoms with Crippen molar-refractivity contribution in [3.63, 3.8) is 0 Å². The van der Waals surface area contributed by atoms with Gasteiger partial charge in [0.1, 0.15) is 6.10 Å². The number of nitrogens with zero attached hydrogens (tertiary/aromatic N) is 5. The average molecular weight is 622 g/mol. The lowest BCUT2D eigenvalue weighted by molar-refractivity contribution is -0.929. The predicted molar refractivity (Wildman–Crippen MR) is 175 cm³/mol. The molecule has 2 aromatic carbocycles. The van der Waals surface area contributed by atoms with Crippen molar-refractivity contribution in [1.82, 2.24) is 19.9 Å². The van der Waals surface area contributed by atoms with E-state index in [0.717, 1.165) is 80.1 Å². The zero-order valence-corrected chi connectivity index (χ0v) is 26.5. The first-order chi connectivity index (χ1) is 22.3. The molecule has 4 aromatic rings. The molecule has 6 rings (SSSR count). The fourth-order valence-electron chi connectivity index (χ4n) is 5.68. The predicted octanol–water partition coefficient (Wildman–Crippen LogP) is 5.94. The molecule has 0 atom stereocenters. The van der Waals surface area contributed by atoms with Crippen molar-refractivity contribution in [2.24, 2.45) is 0 Å². The van der Waals surface area contributed by atoms with Crippen LogP contribution >= 0.6 is 0 Å². The summed E-state index contributed by atoms with van der Waals surface area (Å²) in [6.45, 7) is 6.77. The van der Waals surface area contributed by atoms with Gasteiger partial charge < -0.3 is 14.8 Å². The Hall–Kier alpha value is -4.67. The van der Waals surface area contributed by atoms with Crippen LogP contribution in [0.5, 0.6) is 0 Å². The highest BCUT2D eigenvalue weighted by atomic mass is 16.7. The fourth-order valence-corrected chi connectivity index (χ4v) is 5.68. The Bertz CT molecular complexity index is 1650. The Morgan fingerprint density at radius 3 is 2.48 bits per heavy atom. The second kappa shape index (κ2) is 14.2. The molecule has 1 saturated heterocycles. The van der Waals surface area contributed by atoms with E-state index in [0.29, 0.717) is 29.1 Å². The first-order valence-corrected chi connectivity index (χ1v) is 15.9. The number of Topliss-reactive ketones (excluding diaryl/α,β-unsaturated/α-hetero) is 1. The highest BCUT2D eigenvalue weighted by molar-refractivity contribution is 5.97. The number of aromatic nitrogens is 3. The quantitative estimate of drug-likeness (QED) is 0.124. The molecule has 2 aliphatic rings. The highest BCUT2D eigenvalue weighted by Gasteiger charge is 2.31. The monoisotopic (exact) mass is 621 g/mol. The number of pyridine rings is 1. The van der Waals surface area contributed by atoms with Crippen LogP contribution in [0.4, 0.5) is 16.4 Å². The van der Waals surface area contributed by atoms with Gasteiger partial charge in [0, 0.05) is 61.5 Å². The first kappa shape index (κ1) is 31.3. The summed E-state index contributed by atoms with van der Waals surface area (Å²) in [6.07, 6.45) is 8.06. The van der Waals surface area contributed by atoms with E-state index in [-0.39, 0.29) is 11.9 Å². The molecule has 1 aliphatic carbocycles. The van der Waals surface area contributed by atoms with E-state index in [1.807, 2.05) is 67.6 Å². The van der Waals surface area contributed by atoms with Crippen LogP contribution < -0.4 is 5.32 Å². The highest BCUT2D eigenvalue weighted by Crippen LogP contribution is 2.24. The molecular formula is C36H41N6O4+. The summed E-state index contributed by atoms with van der Waals surface area (Å²) in [7, 11) is 2.12. The molecule has 2 fully saturated rings. The lowest BCUT2D eigenvalue weighted by Crippen LogP contribution is -2.58. The molecule has 0 radical (unpaired) electrons. The number of carbonyl (C=O) groups excluding carboxylic acids is 2. The number of rotatable bonds is 11.